The van der Waals surface area contributed by atoms with E-state index in [0.717, 1.165) is 17.0 Å². The van der Waals surface area contributed by atoms with Gasteiger partial charge < -0.3 is 15.2 Å². The lowest BCUT2D eigenvalue weighted by atomic mass is 10.2. The van der Waals surface area contributed by atoms with E-state index < -0.39 is 0 Å². The molecule has 1 aromatic rings. The van der Waals surface area contributed by atoms with E-state index in [-0.39, 0.29) is 11.9 Å². The van der Waals surface area contributed by atoms with Crippen molar-refractivity contribution in [1.82, 2.24) is 15.8 Å². The maximum absolute atomic E-state index is 11.3. The van der Waals surface area contributed by atoms with Crippen molar-refractivity contribution in [2.24, 2.45) is 0 Å². The van der Waals surface area contributed by atoms with Crippen molar-refractivity contribution in [2.75, 3.05) is 6.54 Å². The summed E-state index contributed by atoms with van der Waals surface area (Å²) in [5.41, 5.74) is 1.90. The molecule has 5 nitrogen and oxygen atoms in total. The highest BCUT2D eigenvalue weighted by molar-refractivity contribution is 5.78. The monoisotopic (exact) mass is 225 g/mol. The van der Waals surface area contributed by atoms with Crippen molar-refractivity contribution in [1.29, 1.82) is 0 Å². The Bertz CT molecular complexity index is 339. The van der Waals surface area contributed by atoms with Crippen LogP contribution in [0.1, 0.15) is 30.9 Å². The van der Waals surface area contributed by atoms with Gasteiger partial charge >= 0.3 is 0 Å². The molecule has 0 radical (unpaired) electrons. The minimum Gasteiger partial charge on any atom is -0.361 e. The minimum atomic E-state index is 0.00163. The second kappa shape index (κ2) is 5.65. The van der Waals surface area contributed by atoms with Crippen LogP contribution in [-0.4, -0.2) is 23.7 Å². The molecule has 0 fully saturated rings. The Morgan fingerprint density at radius 1 is 1.44 bits per heavy atom. The van der Waals surface area contributed by atoms with Crippen molar-refractivity contribution in [3.8, 4) is 0 Å². The van der Waals surface area contributed by atoms with Crippen LogP contribution in [0.15, 0.2) is 4.52 Å². The summed E-state index contributed by atoms with van der Waals surface area (Å²) in [5, 5.41) is 9.72. The molecule has 2 N–H and O–H groups in total. The van der Waals surface area contributed by atoms with Gasteiger partial charge in [-0.25, -0.2) is 0 Å². The summed E-state index contributed by atoms with van der Waals surface area (Å²) in [7, 11) is 0. The number of nitrogens with one attached hydrogen (secondary N) is 2. The first-order valence-corrected chi connectivity index (χ1v) is 5.42. The van der Waals surface area contributed by atoms with Gasteiger partial charge in [-0.3, -0.25) is 4.79 Å². The molecular formula is C11H19N3O2. The van der Waals surface area contributed by atoms with Gasteiger partial charge in [0.2, 0.25) is 5.91 Å². The van der Waals surface area contributed by atoms with Gasteiger partial charge in [0.15, 0.2) is 0 Å². The zero-order valence-electron chi connectivity index (χ0n) is 10.3. The molecule has 0 spiro atoms. The molecule has 0 atom stereocenters. The zero-order valence-corrected chi connectivity index (χ0v) is 10.3. The first-order chi connectivity index (χ1) is 7.50. The summed E-state index contributed by atoms with van der Waals surface area (Å²) in [6.07, 6.45) is 0. The summed E-state index contributed by atoms with van der Waals surface area (Å²) in [6.45, 7) is 8.54. The highest BCUT2D eigenvalue weighted by Gasteiger charge is 2.09. The maximum Gasteiger partial charge on any atom is 0.234 e. The van der Waals surface area contributed by atoms with E-state index in [1.54, 1.807) is 0 Å². The van der Waals surface area contributed by atoms with Crippen LogP contribution in [0.25, 0.3) is 0 Å². The molecule has 0 aliphatic heterocycles. The van der Waals surface area contributed by atoms with Crippen LogP contribution in [-0.2, 0) is 11.3 Å². The summed E-state index contributed by atoms with van der Waals surface area (Å²) in [5.74, 6) is 0.802. The van der Waals surface area contributed by atoms with Crippen LogP contribution in [0.4, 0.5) is 0 Å². The average Bonchev–Trinajstić information content (AvgIpc) is 2.47. The van der Waals surface area contributed by atoms with E-state index in [9.17, 15) is 4.79 Å². The molecule has 0 aromatic carbocycles. The summed E-state index contributed by atoms with van der Waals surface area (Å²) in [6, 6.07) is 0.174. The third kappa shape index (κ3) is 3.66. The highest BCUT2D eigenvalue weighted by Crippen LogP contribution is 2.10. The highest BCUT2D eigenvalue weighted by atomic mass is 16.5. The molecule has 1 aromatic heterocycles. The summed E-state index contributed by atoms with van der Waals surface area (Å²) >= 11 is 0. The number of aryl methyl sites for hydroxylation is 2. The maximum atomic E-state index is 11.3. The number of carbonyl (C=O) groups is 1. The number of rotatable bonds is 5. The lowest BCUT2D eigenvalue weighted by Gasteiger charge is -2.08. The van der Waals surface area contributed by atoms with Crippen molar-refractivity contribution in [2.45, 2.75) is 40.3 Å². The van der Waals surface area contributed by atoms with Crippen molar-refractivity contribution in [3.63, 3.8) is 0 Å². The van der Waals surface area contributed by atoms with E-state index >= 15 is 0 Å². The van der Waals surface area contributed by atoms with Gasteiger partial charge in [-0.1, -0.05) is 5.16 Å². The molecule has 0 aliphatic rings. The molecular weight excluding hydrogens is 206 g/mol. The average molecular weight is 225 g/mol. The van der Waals surface area contributed by atoms with Gasteiger partial charge in [-0.05, 0) is 27.7 Å². The molecule has 0 aliphatic carbocycles. The predicted molar refractivity (Wildman–Crippen MR) is 61.0 cm³/mol. The molecule has 16 heavy (non-hydrogen) atoms. The molecule has 1 rings (SSSR count). The molecule has 1 amide bonds. The van der Waals surface area contributed by atoms with Crippen LogP contribution < -0.4 is 10.6 Å². The molecule has 5 heteroatoms. The zero-order chi connectivity index (χ0) is 12.1. The Kier molecular flexibility index (Phi) is 4.49. The fourth-order valence-electron chi connectivity index (χ4n) is 1.43. The molecule has 0 unspecified atom stereocenters. The summed E-state index contributed by atoms with van der Waals surface area (Å²) < 4.78 is 5.03. The van der Waals surface area contributed by atoms with E-state index in [1.807, 2.05) is 27.7 Å². The van der Waals surface area contributed by atoms with E-state index in [4.69, 9.17) is 4.52 Å². The number of nitrogens with zero attached hydrogens (tertiary/aromatic N) is 1. The minimum absolute atomic E-state index is 0.00163. The lowest BCUT2D eigenvalue weighted by molar-refractivity contribution is -0.120. The normalized spacial score (nSPS) is 10.8. The largest absolute Gasteiger partial charge is 0.361 e. The van der Waals surface area contributed by atoms with Gasteiger partial charge in [0.05, 0.1) is 12.2 Å². The van der Waals surface area contributed by atoms with Crippen LogP contribution >= 0.6 is 0 Å². The van der Waals surface area contributed by atoms with E-state index in [0.29, 0.717) is 13.1 Å². The smallest absolute Gasteiger partial charge is 0.234 e. The van der Waals surface area contributed by atoms with E-state index in [2.05, 4.69) is 15.8 Å². The summed E-state index contributed by atoms with van der Waals surface area (Å²) in [4.78, 5) is 11.3. The number of carbonyl (C=O) groups excluding carboxylic acids is 1. The molecule has 0 saturated heterocycles. The molecule has 1 heterocycles. The van der Waals surface area contributed by atoms with Gasteiger partial charge in [0.25, 0.3) is 0 Å². The number of amides is 1. The first kappa shape index (κ1) is 12.7. The van der Waals surface area contributed by atoms with Crippen LogP contribution in [0, 0.1) is 13.8 Å². The second-order valence-corrected chi connectivity index (χ2v) is 4.13. The van der Waals surface area contributed by atoms with Gasteiger partial charge in [-0.15, -0.1) is 0 Å². The number of hydrogen-bond donors (Lipinski definition) is 2. The fourth-order valence-corrected chi connectivity index (χ4v) is 1.43. The fraction of sp³-hybridized carbons (Fsp3) is 0.636. The second-order valence-electron chi connectivity index (χ2n) is 4.13. The van der Waals surface area contributed by atoms with E-state index in [1.165, 1.54) is 0 Å². The Morgan fingerprint density at radius 3 is 2.62 bits per heavy atom. The van der Waals surface area contributed by atoms with Crippen LogP contribution in [0.5, 0.6) is 0 Å². The Hall–Kier alpha value is -1.36. The topological polar surface area (TPSA) is 67.2 Å². The van der Waals surface area contributed by atoms with Crippen molar-refractivity contribution < 1.29 is 9.32 Å². The Balaban J connectivity index is 2.33. The van der Waals surface area contributed by atoms with Gasteiger partial charge in [0, 0.05) is 18.2 Å². The van der Waals surface area contributed by atoms with Gasteiger partial charge in [0.1, 0.15) is 5.76 Å². The Morgan fingerprint density at radius 2 is 2.12 bits per heavy atom. The van der Waals surface area contributed by atoms with Crippen LogP contribution in [0.3, 0.4) is 0 Å². The van der Waals surface area contributed by atoms with Crippen molar-refractivity contribution >= 4 is 5.91 Å². The molecule has 0 bridgehead atoms. The van der Waals surface area contributed by atoms with Crippen LogP contribution in [0.2, 0.25) is 0 Å². The molecule has 0 saturated carbocycles. The Labute approximate surface area is 95.6 Å². The molecule has 90 valence electrons. The SMILES string of the molecule is Cc1noc(C)c1CNCC(=O)NC(C)C. The standard InChI is InChI=1S/C11H19N3O2/c1-7(2)13-11(15)6-12-5-10-8(3)14-16-9(10)4/h7,12H,5-6H2,1-4H3,(H,13,15). The van der Waals surface area contributed by atoms with Crippen molar-refractivity contribution in [3.05, 3.63) is 17.0 Å². The lowest BCUT2D eigenvalue weighted by Crippen LogP contribution is -2.37. The quantitative estimate of drug-likeness (QED) is 0.781. The van der Waals surface area contributed by atoms with Gasteiger partial charge in [-0.2, -0.15) is 0 Å². The number of aromatic nitrogens is 1. The number of hydrogen-bond acceptors (Lipinski definition) is 4. The third-order valence-electron chi connectivity index (χ3n) is 2.22. The predicted octanol–water partition coefficient (Wildman–Crippen LogP) is 0.906. The first-order valence-electron chi connectivity index (χ1n) is 5.42. The third-order valence-corrected chi connectivity index (χ3v) is 2.22.